The number of ketones is 1. The molecule has 0 fully saturated rings. The lowest BCUT2D eigenvalue weighted by Crippen LogP contribution is -2.13. The first-order valence-electron chi connectivity index (χ1n) is 7.36. The van der Waals surface area contributed by atoms with Gasteiger partial charge in [0.05, 0.1) is 10.5 Å². The number of hydrogen-bond donors (Lipinski definition) is 0. The molecule has 0 aromatic heterocycles. The molecule has 0 unspecified atom stereocenters. The molecule has 0 amide bonds. The van der Waals surface area contributed by atoms with Crippen LogP contribution in [0.3, 0.4) is 0 Å². The molecule has 1 aliphatic carbocycles. The Labute approximate surface area is 133 Å². The fourth-order valence-corrected chi connectivity index (χ4v) is 2.42. The van der Waals surface area contributed by atoms with Crippen molar-refractivity contribution in [1.82, 2.24) is 0 Å². The molecule has 0 aliphatic heterocycles. The summed E-state index contributed by atoms with van der Waals surface area (Å²) in [6.45, 7) is 1.19. The molecule has 0 bridgehead atoms. The Balaban J connectivity index is 2.42. The van der Waals surface area contributed by atoms with Crippen LogP contribution in [0.15, 0.2) is 41.7 Å². The van der Waals surface area contributed by atoms with Crippen LogP contribution in [0.1, 0.15) is 38.2 Å². The highest BCUT2D eigenvalue weighted by atomic mass is 16.6. The largest absolute Gasteiger partial charge is 0.422 e. The third kappa shape index (κ3) is 4.35. The van der Waals surface area contributed by atoms with Gasteiger partial charge in [-0.05, 0) is 43.4 Å². The highest BCUT2D eigenvalue weighted by molar-refractivity contribution is 6.10. The van der Waals surface area contributed by atoms with Crippen LogP contribution in [0, 0.1) is 10.1 Å². The molecule has 0 radical (unpaired) electrons. The third-order valence-corrected chi connectivity index (χ3v) is 3.48. The lowest BCUT2D eigenvalue weighted by atomic mass is 9.95. The number of Topliss-reactive ketones (excluding diaryl/α,β-unsaturated/α-hetero) is 1. The molecule has 0 atom stereocenters. The number of carbonyl (C=O) groups is 2. The molecule has 2 rings (SSSR count). The summed E-state index contributed by atoms with van der Waals surface area (Å²) in [6.07, 6.45) is 6.44. The number of ether oxygens (including phenoxy) is 1. The van der Waals surface area contributed by atoms with Crippen LogP contribution in [0.4, 0.5) is 5.69 Å². The van der Waals surface area contributed by atoms with Crippen molar-refractivity contribution in [2.24, 2.45) is 0 Å². The predicted molar refractivity (Wildman–Crippen MR) is 84.4 cm³/mol. The van der Waals surface area contributed by atoms with Crippen molar-refractivity contribution in [3.8, 4) is 0 Å². The summed E-state index contributed by atoms with van der Waals surface area (Å²) in [5.74, 6) is -1.21. The second kappa shape index (κ2) is 7.49. The zero-order valence-electron chi connectivity index (χ0n) is 12.8. The third-order valence-electron chi connectivity index (χ3n) is 3.48. The number of benzene rings is 1. The summed E-state index contributed by atoms with van der Waals surface area (Å²) in [5.41, 5.74) is 0.656. The van der Waals surface area contributed by atoms with E-state index in [9.17, 15) is 19.7 Å². The number of allylic oxidation sites excluding steroid dienone is 2. The molecule has 0 heterocycles. The van der Waals surface area contributed by atoms with Crippen LogP contribution in [0.25, 0.3) is 6.08 Å². The monoisotopic (exact) mass is 315 g/mol. The lowest BCUT2D eigenvalue weighted by molar-refractivity contribution is -0.385. The Bertz CT molecular complexity index is 703. The van der Waals surface area contributed by atoms with Gasteiger partial charge in [-0.3, -0.25) is 19.7 Å². The van der Waals surface area contributed by atoms with E-state index >= 15 is 0 Å². The van der Waals surface area contributed by atoms with Crippen LogP contribution < -0.4 is 0 Å². The van der Waals surface area contributed by atoms with Gasteiger partial charge in [-0.15, -0.1) is 0 Å². The van der Waals surface area contributed by atoms with Gasteiger partial charge in [-0.25, -0.2) is 0 Å². The van der Waals surface area contributed by atoms with Crippen molar-refractivity contribution < 1.29 is 19.2 Å². The molecule has 0 saturated carbocycles. The average molecular weight is 315 g/mol. The second-order valence-electron chi connectivity index (χ2n) is 5.22. The minimum atomic E-state index is -0.639. The first kappa shape index (κ1) is 16.6. The minimum absolute atomic E-state index is 0.150. The van der Waals surface area contributed by atoms with Gasteiger partial charge in [0, 0.05) is 13.0 Å². The van der Waals surface area contributed by atoms with Crippen molar-refractivity contribution in [2.45, 2.75) is 32.6 Å². The highest BCUT2D eigenvalue weighted by Crippen LogP contribution is 2.25. The van der Waals surface area contributed by atoms with Crippen molar-refractivity contribution in [3.63, 3.8) is 0 Å². The highest BCUT2D eigenvalue weighted by Gasteiger charge is 2.21. The van der Waals surface area contributed by atoms with E-state index in [1.165, 1.54) is 31.2 Å². The fraction of sp³-hybridized carbons (Fsp3) is 0.294. The zero-order valence-corrected chi connectivity index (χ0v) is 12.8. The van der Waals surface area contributed by atoms with E-state index in [-0.39, 0.29) is 17.0 Å². The van der Waals surface area contributed by atoms with Crippen LogP contribution >= 0.6 is 0 Å². The number of nitro benzene ring substituents is 1. The van der Waals surface area contributed by atoms with Crippen molar-refractivity contribution in [3.05, 3.63) is 57.4 Å². The smallest absolute Gasteiger partial charge is 0.308 e. The molecule has 0 saturated heterocycles. The van der Waals surface area contributed by atoms with Crippen LogP contribution in [0.2, 0.25) is 0 Å². The number of hydrogen-bond acceptors (Lipinski definition) is 5. The molecule has 6 heteroatoms. The minimum Gasteiger partial charge on any atom is -0.422 e. The molecule has 0 spiro atoms. The zero-order chi connectivity index (χ0) is 16.8. The average Bonchev–Trinajstić information content (AvgIpc) is 2.54. The summed E-state index contributed by atoms with van der Waals surface area (Å²) in [6, 6.07) is 5.99. The van der Waals surface area contributed by atoms with Gasteiger partial charge in [0.15, 0.2) is 5.76 Å². The standard InChI is InChI=1S/C17H17NO5/c1-12(19)23-16(17(20)13-7-3-2-4-8-13)11-14-9-5-6-10-15(14)18(21)22/h5-7,9-11H,2-4,8H2,1H3/b16-11-. The Morgan fingerprint density at radius 2 is 2.00 bits per heavy atom. The van der Waals surface area contributed by atoms with E-state index < -0.39 is 16.7 Å². The van der Waals surface area contributed by atoms with Gasteiger partial charge in [0.2, 0.25) is 5.78 Å². The van der Waals surface area contributed by atoms with Gasteiger partial charge in [0.25, 0.3) is 5.69 Å². The van der Waals surface area contributed by atoms with Gasteiger partial charge >= 0.3 is 5.97 Å². The molecule has 23 heavy (non-hydrogen) atoms. The maximum absolute atomic E-state index is 12.5. The van der Waals surface area contributed by atoms with E-state index in [0.29, 0.717) is 12.0 Å². The molecule has 1 aliphatic rings. The number of nitro groups is 1. The van der Waals surface area contributed by atoms with Gasteiger partial charge in [-0.2, -0.15) is 0 Å². The summed E-state index contributed by atoms with van der Waals surface area (Å²) >= 11 is 0. The van der Waals surface area contributed by atoms with E-state index in [2.05, 4.69) is 0 Å². The first-order chi connectivity index (χ1) is 11.0. The quantitative estimate of drug-likeness (QED) is 0.272. The Hall–Kier alpha value is -2.76. The summed E-state index contributed by atoms with van der Waals surface area (Å²) in [4.78, 5) is 34.3. The molecule has 0 N–H and O–H groups in total. The number of carbonyl (C=O) groups excluding carboxylic acids is 2. The predicted octanol–water partition coefficient (Wildman–Crippen LogP) is 3.57. The normalized spacial score (nSPS) is 14.8. The topological polar surface area (TPSA) is 86.5 Å². The molecule has 6 nitrogen and oxygen atoms in total. The molecule has 1 aromatic carbocycles. The number of rotatable bonds is 5. The Morgan fingerprint density at radius 1 is 1.26 bits per heavy atom. The number of nitrogens with zero attached hydrogens (tertiary/aromatic N) is 1. The molecule has 1 aromatic rings. The van der Waals surface area contributed by atoms with E-state index in [4.69, 9.17) is 4.74 Å². The van der Waals surface area contributed by atoms with E-state index in [1.807, 2.05) is 6.08 Å². The molecular weight excluding hydrogens is 298 g/mol. The summed E-state index contributed by atoms with van der Waals surface area (Å²) in [7, 11) is 0. The van der Waals surface area contributed by atoms with Crippen molar-refractivity contribution in [2.75, 3.05) is 0 Å². The van der Waals surface area contributed by atoms with Gasteiger partial charge in [-0.1, -0.05) is 18.2 Å². The fourth-order valence-electron chi connectivity index (χ4n) is 2.42. The maximum Gasteiger partial charge on any atom is 0.308 e. The SMILES string of the molecule is CC(=O)O/C(=C\c1ccccc1[N+](=O)[O-])C(=O)C1=CCCCC1. The van der Waals surface area contributed by atoms with Crippen molar-refractivity contribution in [1.29, 1.82) is 0 Å². The Morgan fingerprint density at radius 3 is 2.61 bits per heavy atom. The van der Waals surface area contributed by atoms with Crippen LogP contribution in [-0.4, -0.2) is 16.7 Å². The summed E-state index contributed by atoms with van der Waals surface area (Å²) in [5, 5.41) is 11.1. The number of para-hydroxylation sites is 1. The second-order valence-corrected chi connectivity index (χ2v) is 5.22. The van der Waals surface area contributed by atoms with E-state index in [1.54, 1.807) is 6.07 Å². The van der Waals surface area contributed by atoms with Crippen molar-refractivity contribution >= 4 is 23.5 Å². The maximum atomic E-state index is 12.5. The Kier molecular flexibility index (Phi) is 5.41. The first-order valence-corrected chi connectivity index (χ1v) is 7.36. The number of esters is 1. The lowest BCUT2D eigenvalue weighted by Gasteiger charge is -2.13. The van der Waals surface area contributed by atoms with Crippen LogP contribution in [-0.2, 0) is 14.3 Å². The van der Waals surface area contributed by atoms with E-state index in [0.717, 1.165) is 19.3 Å². The van der Waals surface area contributed by atoms with Gasteiger partial charge in [0.1, 0.15) is 0 Å². The van der Waals surface area contributed by atoms with Gasteiger partial charge < -0.3 is 4.74 Å². The molecular formula is C17H17NO5. The summed E-state index contributed by atoms with van der Waals surface area (Å²) < 4.78 is 5.01. The molecule has 120 valence electrons. The van der Waals surface area contributed by atoms with Crippen LogP contribution in [0.5, 0.6) is 0 Å².